The topological polar surface area (TPSA) is 61.4 Å². The monoisotopic (exact) mass is 347 g/mol. The summed E-state index contributed by atoms with van der Waals surface area (Å²) in [6.07, 6.45) is 3.23. The highest BCUT2D eigenvalue weighted by Gasteiger charge is 2.15. The van der Waals surface area contributed by atoms with Gasteiger partial charge in [-0.2, -0.15) is 0 Å². The predicted octanol–water partition coefficient (Wildman–Crippen LogP) is 2.63. The molecule has 0 unspecified atom stereocenters. The summed E-state index contributed by atoms with van der Waals surface area (Å²) in [5.74, 6) is -0.138. The van der Waals surface area contributed by atoms with Gasteiger partial charge in [-0.1, -0.05) is 12.1 Å². The van der Waals surface area contributed by atoms with Crippen LogP contribution in [0.25, 0.3) is 10.9 Å². The number of para-hydroxylation sites is 1. The van der Waals surface area contributed by atoms with E-state index in [2.05, 4.69) is 32.1 Å². The number of hydrogen-bond acceptors (Lipinski definition) is 5. The lowest BCUT2D eigenvalue weighted by Crippen LogP contribution is -2.44. The number of aromatic nitrogens is 2. The zero-order chi connectivity index (χ0) is 17.9. The molecule has 0 atom stereocenters. The van der Waals surface area contributed by atoms with Gasteiger partial charge in [-0.05, 0) is 37.4 Å². The first-order chi connectivity index (χ1) is 12.7. The number of carbonyl (C=O) groups is 1. The van der Waals surface area contributed by atoms with Crippen LogP contribution in [0.4, 0.5) is 11.4 Å². The van der Waals surface area contributed by atoms with Gasteiger partial charge >= 0.3 is 0 Å². The second kappa shape index (κ2) is 7.09. The van der Waals surface area contributed by atoms with Gasteiger partial charge in [0.15, 0.2) is 0 Å². The van der Waals surface area contributed by atoms with Crippen LogP contribution in [-0.2, 0) is 0 Å². The maximum Gasteiger partial charge on any atom is 0.255 e. The molecule has 0 aliphatic carbocycles. The molecule has 2 heterocycles. The first-order valence-corrected chi connectivity index (χ1v) is 8.74. The Morgan fingerprint density at radius 1 is 1.04 bits per heavy atom. The van der Waals surface area contributed by atoms with Gasteiger partial charge in [0.1, 0.15) is 6.33 Å². The molecule has 6 nitrogen and oxygen atoms in total. The van der Waals surface area contributed by atoms with Crippen molar-refractivity contribution in [1.82, 2.24) is 14.9 Å². The number of amides is 1. The highest BCUT2D eigenvalue weighted by atomic mass is 16.1. The Morgan fingerprint density at radius 3 is 2.58 bits per heavy atom. The Bertz CT molecular complexity index is 912. The molecule has 132 valence electrons. The molecule has 0 radical (unpaired) electrons. The minimum atomic E-state index is -0.138. The van der Waals surface area contributed by atoms with Crippen molar-refractivity contribution in [3.8, 4) is 0 Å². The number of nitrogens with one attached hydrogen (secondary N) is 1. The molecular weight excluding hydrogens is 326 g/mol. The quantitative estimate of drug-likeness (QED) is 0.789. The van der Waals surface area contributed by atoms with Gasteiger partial charge in [-0.25, -0.2) is 9.97 Å². The zero-order valence-corrected chi connectivity index (χ0v) is 14.7. The summed E-state index contributed by atoms with van der Waals surface area (Å²) in [6.45, 7) is 4.14. The number of hydrogen-bond donors (Lipinski definition) is 1. The smallest absolute Gasteiger partial charge is 0.255 e. The molecule has 3 aromatic rings. The summed E-state index contributed by atoms with van der Waals surface area (Å²) in [6, 6.07) is 13.5. The Hall–Kier alpha value is -2.99. The molecule has 1 fully saturated rings. The fourth-order valence-electron chi connectivity index (χ4n) is 3.20. The Kier molecular flexibility index (Phi) is 4.50. The normalized spacial score (nSPS) is 15.2. The van der Waals surface area contributed by atoms with Crippen molar-refractivity contribution in [1.29, 1.82) is 0 Å². The number of fused-ring (bicyclic) bond motifs is 1. The maximum atomic E-state index is 12.6. The van der Waals surface area contributed by atoms with Gasteiger partial charge < -0.3 is 15.1 Å². The van der Waals surface area contributed by atoms with E-state index in [1.54, 1.807) is 6.20 Å². The molecule has 4 rings (SSSR count). The number of likely N-dealkylation sites (N-methyl/N-ethyl adjacent to an activating group) is 1. The molecule has 1 saturated heterocycles. The van der Waals surface area contributed by atoms with Crippen LogP contribution in [0.5, 0.6) is 0 Å². The van der Waals surface area contributed by atoms with E-state index in [4.69, 9.17) is 0 Å². The van der Waals surface area contributed by atoms with E-state index in [1.165, 1.54) is 6.33 Å². The largest absolute Gasteiger partial charge is 0.369 e. The molecule has 2 aromatic carbocycles. The number of rotatable bonds is 3. The zero-order valence-electron chi connectivity index (χ0n) is 14.7. The number of anilines is 2. The molecule has 0 spiro atoms. The molecule has 26 heavy (non-hydrogen) atoms. The van der Waals surface area contributed by atoms with Gasteiger partial charge in [0, 0.05) is 49.0 Å². The fraction of sp³-hybridized carbons (Fsp3) is 0.250. The van der Waals surface area contributed by atoms with Crippen LogP contribution >= 0.6 is 0 Å². The van der Waals surface area contributed by atoms with Crippen molar-refractivity contribution < 1.29 is 4.79 Å². The third-order valence-corrected chi connectivity index (χ3v) is 4.78. The van der Waals surface area contributed by atoms with E-state index in [1.807, 2.05) is 42.5 Å². The lowest BCUT2D eigenvalue weighted by molar-refractivity contribution is 0.102. The Labute approximate surface area is 152 Å². The molecule has 1 aliphatic rings. The Balaban J connectivity index is 1.50. The number of carbonyl (C=O) groups excluding carboxylic acids is 1. The molecule has 6 heteroatoms. The van der Waals surface area contributed by atoms with Crippen LogP contribution in [0, 0.1) is 0 Å². The summed E-state index contributed by atoms with van der Waals surface area (Å²) >= 11 is 0. The average molecular weight is 347 g/mol. The van der Waals surface area contributed by atoms with Crippen LogP contribution in [0.1, 0.15) is 10.4 Å². The molecule has 1 N–H and O–H groups in total. The molecule has 1 amide bonds. The number of benzene rings is 2. The molecular formula is C20H21N5O. The molecule has 0 bridgehead atoms. The van der Waals surface area contributed by atoms with Crippen LogP contribution < -0.4 is 10.2 Å². The van der Waals surface area contributed by atoms with Gasteiger partial charge in [-0.3, -0.25) is 4.79 Å². The number of piperazine rings is 1. The third kappa shape index (κ3) is 3.36. The van der Waals surface area contributed by atoms with Crippen LogP contribution in [0.15, 0.2) is 55.0 Å². The minimum Gasteiger partial charge on any atom is -0.369 e. The van der Waals surface area contributed by atoms with Crippen molar-refractivity contribution in [3.05, 3.63) is 60.6 Å². The molecule has 0 saturated carbocycles. The summed E-state index contributed by atoms with van der Waals surface area (Å²) < 4.78 is 0. The Morgan fingerprint density at radius 2 is 1.81 bits per heavy atom. The lowest BCUT2D eigenvalue weighted by Gasteiger charge is -2.34. The van der Waals surface area contributed by atoms with E-state index < -0.39 is 0 Å². The van der Waals surface area contributed by atoms with Gasteiger partial charge in [0.05, 0.1) is 11.2 Å². The maximum absolute atomic E-state index is 12.6. The third-order valence-electron chi connectivity index (χ3n) is 4.78. The van der Waals surface area contributed by atoms with Crippen LogP contribution in [-0.4, -0.2) is 54.0 Å². The van der Waals surface area contributed by atoms with E-state index in [-0.39, 0.29) is 5.91 Å². The van der Waals surface area contributed by atoms with Gasteiger partial charge in [0.2, 0.25) is 0 Å². The predicted molar refractivity (Wildman–Crippen MR) is 104 cm³/mol. The van der Waals surface area contributed by atoms with E-state index in [9.17, 15) is 4.79 Å². The van der Waals surface area contributed by atoms with Crippen molar-refractivity contribution in [2.24, 2.45) is 0 Å². The summed E-state index contributed by atoms with van der Waals surface area (Å²) in [4.78, 5) is 25.6. The SMILES string of the molecule is CN1CCN(c2ccc(C(=O)Nc3cccc4cncnc34)cc2)CC1. The van der Waals surface area contributed by atoms with Gasteiger partial charge in [0.25, 0.3) is 5.91 Å². The number of nitrogens with zero attached hydrogens (tertiary/aromatic N) is 4. The summed E-state index contributed by atoms with van der Waals surface area (Å²) in [7, 11) is 2.14. The van der Waals surface area contributed by atoms with Crippen molar-refractivity contribution in [2.75, 3.05) is 43.4 Å². The average Bonchev–Trinajstić information content (AvgIpc) is 2.69. The van der Waals surface area contributed by atoms with Gasteiger partial charge in [-0.15, -0.1) is 0 Å². The fourth-order valence-corrected chi connectivity index (χ4v) is 3.20. The van der Waals surface area contributed by atoms with Crippen molar-refractivity contribution in [3.63, 3.8) is 0 Å². The highest BCUT2D eigenvalue weighted by molar-refractivity contribution is 6.08. The lowest BCUT2D eigenvalue weighted by atomic mass is 10.1. The van der Waals surface area contributed by atoms with Crippen molar-refractivity contribution >= 4 is 28.2 Å². The summed E-state index contributed by atoms with van der Waals surface area (Å²) in [5.41, 5.74) is 3.23. The van der Waals surface area contributed by atoms with E-state index in [0.717, 1.165) is 42.8 Å². The standard InChI is InChI=1S/C20H21N5O/c1-24-9-11-25(12-10-24)17-7-5-15(6-8-17)20(26)23-18-4-2-3-16-13-21-14-22-19(16)18/h2-8,13-14H,9-12H2,1H3,(H,23,26). The van der Waals surface area contributed by atoms with Crippen molar-refractivity contribution in [2.45, 2.75) is 0 Å². The van der Waals surface area contributed by atoms with Crippen LogP contribution in [0.3, 0.4) is 0 Å². The first-order valence-electron chi connectivity index (χ1n) is 8.74. The minimum absolute atomic E-state index is 0.138. The van der Waals surface area contributed by atoms with E-state index >= 15 is 0 Å². The summed E-state index contributed by atoms with van der Waals surface area (Å²) in [5, 5.41) is 3.86. The molecule has 1 aromatic heterocycles. The van der Waals surface area contributed by atoms with E-state index in [0.29, 0.717) is 11.3 Å². The molecule has 1 aliphatic heterocycles. The highest BCUT2D eigenvalue weighted by Crippen LogP contribution is 2.22. The second-order valence-corrected chi connectivity index (χ2v) is 6.56. The first kappa shape index (κ1) is 16.5. The van der Waals surface area contributed by atoms with Crippen LogP contribution in [0.2, 0.25) is 0 Å². The second-order valence-electron chi connectivity index (χ2n) is 6.56.